The van der Waals surface area contributed by atoms with Gasteiger partial charge in [-0.3, -0.25) is 0 Å². The number of carbonyl (C=O) groups excluding carboxylic acids is 1. The van der Waals surface area contributed by atoms with Crippen LogP contribution in [0.3, 0.4) is 0 Å². The minimum atomic E-state index is -0.498. The second-order valence-electron chi connectivity index (χ2n) is 10.4. The summed E-state index contributed by atoms with van der Waals surface area (Å²) in [5, 5.41) is 0. The van der Waals surface area contributed by atoms with Gasteiger partial charge < -0.3 is 9.47 Å². The number of rotatable bonds is 28. The normalized spacial score (nSPS) is 11.1. The Hall–Kier alpha value is -0.730. The minimum Gasteiger partial charge on any atom is -0.434 e. The Morgan fingerprint density at radius 3 is 0.882 bits per heavy atom. The molecule has 0 radical (unpaired) electrons. The molecule has 0 heterocycles. The van der Waals surface area contributed by atoms with Crippen LogP contribution in [-0.4, -0.2) is 19.4 Å². The van der Waals surface area contributed by atoms with E-state index in [1.54, 1.807) is 0 Å². The smallest absolute Gasteiger partial charge is 0.434 e. The van der Waals surface area contributed by atoms with E-state index in [9.17, 15) is 4.79 Å². The summed E-state index contributed by atoms with van der Waals surface area (Å²) < 4.78 is 10.1. The average Bonchev–Trinajstić information content (AvgIpc) is 2.84. The van der Waals surface area contributed by atoms with Crippen LogP contribution in [0.4, 0.5) is 4.79 Å². The maximum absolute atomic E-state index is 11.3. The van der Waals surface area contributed by atoms with E-state index < -0.39 is 6.16 Å². The molecule has 3 nitrogen and oxygen atoms in total. The Labute approximate surface area is 214 Å². The molecule has 0 saturated heterocycles. The molecule has 0 aliphatic carbocycles. The van der Waals surface area contributed by atoms with E-state index in [1.165, 1.54) is 141 Å². The van der Waals surface area contributed by atoms with Crippen molar-refractivity contribution in [2.75, 3.05) is 13.2 Å². The number of unbranched alkanes of at least 4 members (excludes halogenated alkanes) is 24. The van der Waals surface area contributed by atoms with Gasteiger partial charge in [0, 0.05) is 0 Å². The number of hydrogen-bond donors (Lipinski definition) is 0. The van der Waals surface area contributed by atoms with Crippen LogP contribution in [0.5, 0.6) is 0 Å². The maximum atomic E-state index is 11.3. The SMILES string of the molecule is CCCCCCCCCCCCCCCCCCCCCCCCCCOC(=O)OCCCC. The molecule has 0 aliphatic rings. The molecular weight excluding hydrogens is 420 g/mol. The number of carbonyl (C=O) groups is 1. The summed E-state index contributed by atoms with van der Waals surface area (Å²) in [6, 6.07) is 0. The molecular formula is C31H62O3. The van der Waals surface area contributed by atoms with Crippen molar-refractivity contribution in [3.05, 3.63) is 0 Å². The fourth-order valence-electron chi connectivity index (χ4n) is 4.56. The Kier molecular flexibility index (Phi) is 29.7. The number of hydrogen-bond acceptors (Lipinski definition) is 3. The largest absolute Gasteiger partial charge is 0.508 e. The van der Waals surface area contributed by atoms with Gasteiger partial charge >= 0.3 is 6.16 Å². The van der Waals surface area contributed by atoms with Gasteiger partial charge in [-0.25, -0.2) is 4.79 Å². The standard InChI is InChI=1S/C31H62O3/c1-3-5-7-8-9-10-11-12-13-14-15-16-17-18-19-20-21-22-23-24-25-26-27-28-30-34-31(32)33-29-6-4-2/h3-30H2,1-2H3. The van der Waals surface area contributed by atoms with Crippen molar-refractivity contribution in [1.82, 2.24) is 0 Å². The zero-order valence-electron chi connectivity index (χ0n) is 23.5. The maximum Gasteiger partial charge on any atom is 0.508 e. The van der Waals surface area contributed by atoms with Gasteiger partial charge in [0.05, 0.1) is 13.2 Å². The van der Waals surface area contributed by atoms with E-state index in [-0.39, 0.29) is 0 Å². The van der Waals surface area contributed by atoms with Gasteiger partial charge in [-0.2, -0.15) is 0 Å². The van der Waals surface area contributed by atoms with Crippen LogP contribution in [0.1, 0.15) is 181 Å². The van der Waals surface area contributed by atoms with Gasteiger partial charge in [-0.05, 0) is 12.8 Å². The molecule has 0 atom stereocenters. The first-order valence-electron chi connectivity index (χ1n) is 15.6. The van der Waals surface area contributed by atoms with Crippen molar-refractivity contribution in [3.8, 4) is 0 Å². The third-order valence-electron chi connectivity index (χ3n) is 6.94. The van der Waals surface area contributed by atoms with Crippen LogP contribution in [0, 0.1) is 0 Å². The molecule has 204 valence electrons. The van der Waals surface area contributed by atoms with Crippen LogP contribution >= 0.6 is 0 Å². The summed E-state index contributed by atoms with van der Waals surface area (Å²) in [5.41, 5.74) is 0. The molecule has 0 saturated carbocycles. The van der Waals surface area contributed by atoms with Crippen LogP contribution in [0.15, 0.2) is 0 Å². The highest BCUT2D eigenvalue weighted by molar-refractivity contribution is 5.59. The highest BCUT2D eigenvalue weighted by Gasteiger charge is 2.02. The molecule has 0 amide bonds. The third-order valence-corrected chi connectivity index (χ3v) is 6.94. The van der Waals surface area contributed by atoms with Crippen molar-refractivity contribution < 1.29 is 14.3 Å². The fourth-order valence-corrected chi connectivity index (χ4v) is 4.56. The van der Waals surface area contributed by atoms with E-state index >= 15 is 0 Å². The Bertz CT molecular complexity index is 383. The van der Waals surface area contributed by atoms with Gasteiger partial charge in [-0.1, -0.05) is 168 Å². The molecule has 0 N–H and O–H groups in total. The Balaban J connectivity index is 3.06. The molecule has 0 aliphatic heterocycles. The Morgan fingerprint density at radius 2 is 0.588 bits per heavy atom. The molecule has 0 fully saturated rings. The molecule has 3 heteroatoms. The summed E-state index contributed by atoms with van der Waals surface area (Å²) >= 11 is 0. The highest BCUT2D eigenvalue weighted by atomic mass is 16.7. The quantitative estimate of drug-likeness (QED) is 0.0821. The molecule has 0 rings (SSSR count). The van der Waals surface area contributed by atoms with Gasteiger partial charge in [0.15, 0.2) is 0 Å². The van der Waals surface area contributed by atoms with Gasteiger partial charge in [0.2, 0.25) is 0 Å². The first-order valence-corrected chi connectivity index (χ1v) is 15.6. The molecule has 0 aromatic carbocycles. The minimum absolute atomic E-state index is 0.481. The van der Waals surface area contributed by atoms with Crippen LogP contribution in [-0.2, 0) is 9.47 Å². The lowest BCUT2D eigenvalue weighted by atomic mass is 10.0. The second kappa shape index (κ2) is 30.3. The van der Waals surface area contributed by atoms with Crippen LogP contribution in [0.25, 0.3) is 0 Å². The van der Waals surface area contributed by atoms with E-state index in [1.807, 2.05) is 0 Å². The lowest BCUT2D eigenvalue weighted by Crippen LogP contribution is -2.09. The lowest BCUT2D eigenvalue weighted by molar-refractivity contribution is 0.0532. The molecule has 0 aromatic rings. The van der Waals surface area contributed by atoms with Crippen molar-refractivity contribution >= 4 is 6.16 Å². The van der Waals surface area contributed by atoms with Crippen molar-refractivity contribution in [3.63, 3.8) is 0 Å². The fraction of sp³-hybridized carbons (Fsp3) is 0.968. The molecule has 0 bridgehead atoms. The molecule has 0 spiro atoms. The van der Waals surface area contributed by atoms with E-state index in [0.717, 1.165) is 25.7 Å². The second-order valence-corrected chi connectivity index (χ2v) is 10.4. The monoisotopic (exact) mass is 482 g/mol. The van der Waals surface area contributed by atoms with E-state index in [0.29, 0.717) is 13.2 Å². The van der Waals surface area contributed by atoms with Gasteiger partial charge in [0.25, 0.3) is 0 Å². The van der Waals surface area contributed by atoms with Crippen molar-refractivity contribution in [2.24, 2.45) is 0 Å². The number of ether oxygens (including phenoxy) is 2. The third kappa shape index (κ3) is 29.3. The first-order chi connectivity index (χ1) is 16.8. The predicted molar refractivity (Wildman–Crippen MR) is 149 cm³/mol. The summed E-state index contributed by atoms with van der Waals surface area (Å²) in [6.07, 6.45) is 34.9. The summed E-state index contributed by atoms with van der Waals surface area (Å²) in [4.78, 5) is 11.3. The lowest BCUT2D eigenvalue weighted by Gasteiger charge is -2.06. The molecule has 0 unspecified atom stereocenters. The zero-order chi connectivity index (χ0) is 24.8. The van der Waals surface area contributed by atoms with Gasteiger partial charge in [0.1, 0.15) is 0 Å². The Morgan fingerprint density at radius 1 is 0.353 bits per heavy atom. The van der Waals surface area contributed by atoms with Crippen molar-refractivity contribution in [2.45, 2.75) is 181 Å². The summed E-state index contributed by atoms with van der Waals surface area (Å²) in [7, 11) is 0. The summed E-state index contributed by atoms with van der Waals surface area (Å²) in [6.45, 7) is 5.36. The molecule has 34 heavy (non-hydrogen) atoms. The van der Waals surface area contributed by atoms with Crippen LogP contribution < -0.4 is 0 Å². The highest BCUT2D eigenvalue weighted by Crippen LogP contribution is 2.15. The van der Waals surface area contributed by atoms with Crippen LogP contribution in [0.2, 0.25) is 0 Å². The van der Waals surface area contributed by atoms with E-state index in [4.69, 9.17) is 9.47 Å². The topological polar surface area (TPSA) is 35.5 Å². The predicted octanol–water partition coefficient (Wildman–Crippen LogP) is 11.3. The average molecular weight is 483 g/mol. The van der Waals surface area contributed by atoms with Crippen molar-refractivity contribution in [1.29, 1.82) is 0 Å². The first kappa shape index (κ1) is 33.3. The summed E-state index contributed by atoms with van der Waals surface area (Å²) in [5.74, 6) is 0. The van der Waals surface area contributed by atoms with Gasteiger partial charge in [-0.15, -0.1) is 0 Å². The van der Waals surface area contributed by atoms with E-state index in [2.05, 4.69) is 13.8 Å². The zero-order valence-corrected chi connectivity index (χ0v) is 23.5. The molecule has 0 aromatic heterocycles.